The second-order valence-electron chi connectivity index (χ2n) is 8.82. The number of methoxy groups -OCH3 is 1. The number of aromatic nitrogens is 1. The van der Waals surface area contributed by atoms with Crippen LogP contribution in [0.1, 0.15) is 34.3 Å². The summed E-state index contributed by atoms with van der Waals surface area (Å²) in [6.07, 6.45) is 1.76. The van der Waals surface area contributed by atoms with Crippen molar-refractivity contribution in [1.29, 1.82) is 0 Å². The number of hydrogen-bond acceptors (Lipinski definition) is 10. The van der Waals surface area contributed by atoms with Gasteiger partial charge < -0.3 is 25.1 Å². The van der Waals surface area contributed by atoms with Gasteiger partial charge in [0.1, 0.15) is 5.56 Å². The number of esters is 2. The summed E-state index contributed by atoms with van der Waals surface area (Å²) in [6.45, 7) is 1.21. The molecule has 0 saturated carbocycles. The number of fused-ring (bicyclic) bond motifs is 3. The summed E-state index contributed by atoms with van der Waals surface area (Å²) >= 11 is 0. The number of aliphatic hydroxyl groups is 1. The predicted octanol–water partition coefficient (Wildman–Crippen LogP) is 0.920. The first kappa shape index (κ1) is 22.3. The largest absolute Gasteiger partial charge is 0.481 e. The first-order valence-corrected chi connectivity index (χ1v) is 11.2. The van der Waals surface area contributed by atoms with Crippen molar-refractivity contribution in [2.24, 2.45) is 5.92 Å². The first-order chi connectivity index (χ1) is 16.4. The van der Waals surface area contributed by atoms with E-state index in [0.29, 0.717) is 38.8 Å². The van der Waals surface area contributed by atoms with Gasteiger partial charge in [0, 0.05) is 30.1 Å². The van der Waals surface area contributed by atoms with Crippen LogP contribution in [0.25, 0.3) is 0 Å². The normalized spacial score (nSPS) is 22.9. The molecule has 10 heteroatoms. The van der Waals surface area contributed by atoms with E-state index in [1.807, 2.05) is 18.2 Å². The number of hydrogen-bond donors (Lipinski definition) is 2. The number of anilines is 1. The SMILES string of the molecule is COc1cc2c(C(=O)C3CCN(C4Cc5c(N)cccc5CC4O)CC3)c(n1)OC(=O)C(=O)O2. The van der Waals surface area contributed by atoms with Crippen molar-refractivity contribution in [2.45, 2.75) is 37.8 Å². The average molecular weight is 467 g/mol. The van der Waals surface area contributed by atoms with Gasteiger partial charge in [0.15, 0.2) is 11.5 Å². The quantitative estimate of drug-likeness (QED) is 0.288. The highest BCUT2D eigenvalue weighted by molar-refractivity contribution is 6.31. The lowest BCUT2D eigenvalue weighted by atomic mass is 9.82. The fourth-order valence-electron chi connectivity index (χ4n) is 5.11. The van der Waals surface area contributed by atoms with Crippen molar-refractivity contribution >= 4 is 23.4 Å². The molecule has 5 rings (SSSR count). The zero-order chi connectivity index (χ0) is 24.0. The Kier molecular flexibility index (Phi) is 5.70. The topological polar surface area (TPSA) is 141 Å². The van der Waals surface area contributed by atoms with Gasteiger partial charge in [-0.15, -0.1) is 0 Å². The lowest BCUT2D eigenvalue weighted by molar-refractivity contribution is -0.155. The smallest absolute Gasteiger partial charge is 0.424 e. The van der Waals surface area contributed by atoms with Gasteiger partial charge in [-0.3, -0.25) is 9.69 Å². The van der Waals surface area contributed by atoms with Crippen LogP contribution >= 0.6 is 0 Å². The Bertz CT molecular complexity index is 1140. The van der Waals surface area contributed by atoms with E-state index >= 15 is 0 Å². The van der Waals surface area contributed by atoms with E-state index in [9.17, 15) is 19.5 Å². The molecular weight excluding hydrogens is 442 g/mol. The molecule has 1 aromatic heterocycles. The van der Waals surface area contributed by atoms with Gasteiger partial charge in [0.2, 0.25) is 11.8 Å². The van der Waals surface area contributed by atoms with Gasteiger partial charge in [-0.1, -0.05) is 12.1 Å². The Morgan fingerprint density at radius 2 is 1.91 bits per heavy atom. The van der Waals surface area contributed by atoms with E-state index in [-0.39, 0.29) is 40.8 Å². The second kappa shape index (κ2) is 8.69. The number of nitrogens with two attached hydrogens (primary N) is 1. The summed E-state index contributed by atoms with van der Waals surface area (Å²) in [5.74, 6) is -3.47. The van der Waals surface area contributed by atoms with E-state index in [1.54, 1.807) is 0 Å². The summed E-state index contributed by atoms with van der Waals surface area (Å²) in [6, 6.07) is 7.00. The molecule has 0 spiro atoms. The minimum Gasteiger partial charge on any atom is -0.481 e. The molecule has 1 aromatic carbocycles. The van der Waals surface area contributed by atoms with Crippen LogP contribution in [0.4, 0.5) is 5.69 Å². The number of ketones is 1. The molecule has 2 aliphatic heterocycles. The molecule has 0 amide bonds. The van der Waals surface area contributed by atoms with Gasteiger partial charge in [0.05, 0.1) is 13.2 Å². The minimum absolute atomic E-state index is 0.0298. The monoisotopic (exact) mass is 467 g/mol. The van der Waals surface area contributed by atoms with Crippen LogP contribution < -0.4 is 19.9 Å². The van der Waals surface area contributed by atoms with E-state index in [4.69, 9.17) is 19.9 Å². The number of piperidine rings is 1. The summed E-state index contributed by atoms with van der Waals surface area (Å²) in [5.41, 5.74) is 9.04. The number of nitrogens with zero attached hydrogens (tertiary/aromatic N) is 2. The van der Waals surface area contributed by atoms with Crippen molar-refractivity contribution < 1.29 is 33.7 Å². The Morgan fingerprint density at radius 3 is 2.65 bits per heavy atom. The molecule has 2 unspecified atom stereocenters. The lowest BCUT2D eigenvalue weighted by Crippen LogP contribution is -2.51. The number of pyridine rings is 1. The van der Waals surface area contributed by atoms with Gasteiger partial charge in [-0.2, -0.15) is 4.98 Å². The summed E-state index contributed by atoms with van der Waals surface area (Å²) in [4.78, 5) is 43.3. The van der Waals surface area contributed by atoms with Crippen LogP contribution in [0.3, 0.4) is 0 Å². The number of aliphatic hydroxyl groups excluding tert-OH is 1. The Labute approximate surface area is 195 Å². The molecule has 2 bridgehead atoms. The van der Waals surface area contributed by atoms with Crippen molar-refractivity contribution in [3.05, 3.63) is 41.0 Å². The molecule has 0 radical (unpaired) electrons. The molecular formula is C24H25N3O7. The maximum atomic E-state index is 13.4. The van der Waals surface area contributed by atoms with Crippen molar-refractivity contribution in [1.82, 2.24) is 9.88 Å². The van der Waals surface area contributed by atoms with Crippen LogP contribution in [0.5, 0.6) is 17.5 Å². The second-order valence-corrected chi connectivity index (χ2v) is 8.82. The number of benzene rings is 1. The molecule has 34 heavy (non-hydrogen) atoms. The van der Waals surface area contributed by atoms with Crippen LogP contribution in [-0.4, -0.2) is 65.1 Å². The van der Waals surface area contributed by atoms with Crippen LogP contribution in [0.15, 0.2) is 24.3 Å². The van der Waals surface area contributed by atoms with Gasteiger partial charge in [-0.25, -0.2) is 9.59 Å². The first-order valence-electron chi connectivity index (χ1n) is 11.2. The Morgan fingerprint density at radius 1 is 1.18 bits per heavy atom. The number of likely N-dealkylation sites (tertiary alicyclic amines) is 1. The number of ether oxygens (including phenoxy) is 3. The van der Waals surface area contributed by atoms with E-state index < -0.39 is 18.0 Å². The number of rotatable bonds is 4. The van der Waals surface area contributed by atoms with Crippen LogP contribution in [0.2, 0.25) is 0 Å². The predicted molar refractivity (Wildman–Crippen MR) is 119 cm³/mol. The van der Waals surface area contributed by atoms with Gasteiger partial charge in [0.25, 0.3) is 0 Å². The zero-order valence-corrected chi connectivity index (χ0v) is 18.7. The highest BCUT2D eigenvalue weighted by Crippen LogP contribution is 2.38. The van der Waals surface area contributed by atoms with Gasteiger partial charge in [-0.05, 0) is 49.5 Å². The van der Waals surface area contributed by atoms with E-state index in [2.05, 4.69) is 9.88 Å². The third-order valence-electron chi connectivity index (χ3n) is 6.91. The number of carbonyl (C=O) groups excluding carboxylic acids is 3. The Hall–Kier alpha value is -3.50. The standard InChI is InChI=1S/C24H25N3O7/c1-32-19-11-18-20(22(26-19)34-24(31)23(30)33-18)21(29)12-5-7-27(8-6-12)16-10-14-13(9-17(16)28)3-2-4-15(14)25/h2-4,11-12,16-17,28H,5-10,25H2,1H3. The fourth-order valence-corrected chi connectivity index (χ4v) is 5.11. The van der Waals surface area contributed by atoms with Crippen LogP contribution in [0, 0.1) is 5.92 Å². The minimum atomic E-state index is -1.24. The third-order valence-corrected chi connectivity index (χ3v) is 6.91. The van der Waals surface area contributed by atoms with E-state index in [1.165, 1.54) is 13.2 Å². The molecule has 10 nitrogen and oxygen atoms in total. The number of Topliss-reactive ketones (excluding diaryl/α,β-unsaturated/α-hetero) is 1. The average Bonchev–Trinajstić information content (AvgIpc) is 2.90. The van der Waals surface area contributed by atoms with Gasteiger partial charge >= 0.3 is 11.9 Å². The molecule has 1 aliphatic carbocycles. The van der Waals surface area contributed by atoms with Crippen molar-refractivity contribution in [3.63, 3.8) is 0 Å². The highest BCUT2D eigenvalue weighted by atomic mass is 16.6. The molecule has 3 heterocycles. The third kappa shape index (κ3) is 3.88. The summed E-state index contributed by atoms with van der Waals surface area (Å²) in [7, 11) is 1.36. The molecule has 2 atom stereocenters. The fraction of sp³-hybridized carbons (Fsp3) is 0.417. The maximum Gasteiger partial charge on any atom is 0.424 e. The molecule has 1 fully saturated rings. The molecule has 178 valence electrons. The highest BCUT2D eigenvalue weighted by Gasteiger charge is 2.39. The zero-order valence-electron chi connectivity index (χ0n) is 18.7. The molecule has 3 aliphatic rings. The summed E-state index contributed by atoms with van der Waals surface area (Å²) in [5, 5.41) is 10.8. The molecule has 3 N–H and O–H groups in total. The van der Waals surface area contributed by atoms with Crippen molar-refractivity contribution in [3.8, 4) is 17.5 Å². The number of carbonyl (C=O) groups is 3. The molecule has 1 saturated heterocycles. The molecule has 2 aromatic rings. The Balaban J connectivity index is 1.33. The van der Waals surface area contributed by atoms with Crippen LogP contribution in [-0.2, 0) is 22.4 Å². The number of nitrogen functional groups attached to an aromatic ring is 1. The van der Waals surface area contributed by atoms with Crippen molar-refractivity contribution in [2.75, 3.05) is 25.9 Å². The maximum absolute atomic E-state index is 13.4. The summed E-state index contributed by atoms with van der Waals surface area (Å²) < 4.78 is 15.1. The lowest BCUT2D eigenvalue weighted by Gasteiger charge is -2.42. The van der Waals surface area contributed by atoms with E-state index in [0.717, 1.165) is 16.8 Å².